The third kappa shape index (κ3) is 5.68. The van der Waals surface area contributed by atoms with E-state index in [-0.39, 0.29) is 18.4 Å². The summed E-state index contributed by atoms with van der Waals surface area (Å²) in [5.74, 6) is 0.546. The summed E-state index contributed by atoms with van der Waals surface area (Å²) in [6.07, 6.45) is 0. The third-order valence-electron chi connectivity index (χ3n) is 3.83. The zero-order chi connectivity index (χ0) is 18.2. The fourth-order valence-electron chi connectivity index (χ4n) is 2.39. The monoisotopic (exact) mass is 364 g/mol. The van der Waals surface area contributed by atoms with Crippen LogP contribution in [0.15, 0.2) is 28.1 Å². The van der Waals surface area contributed by atoms with Crippen molar-refractivity contribution < 1.29 is 14.1 Å². The van der Waals surface area contributed by atoms with E-state index in [1.54, 1.807) is 24.0 Å². The van der Waals surface area contributed by atoms with Crippen molar-refractivity contribution in [3.63, 3.8) is 0 Å². The molecule has 0 aliphatic carbocycles. The van der Waals surface area contributed by atoms with Gasteiger partial charge in [0.15, 0.2) is 5.82 Å². The molecule has 8 heteroatoms. The van der Waals surface area contributed by atoms with Gasteiger partial charge < -0.3 is 19.6 Å². The third-order valence-corrected chi connectivity index (χ3v) is 4.69. The predicted octanol–water partition coefficient (Wildman–Crippen LogP) is 2.47. The van der Waals surface area contributed by atoms with Crippen molar-refractivity contribution in [3.05, 3.63) is 34.2 Å². The summed E-state index contributed by atoms with van der Waals surface area (Å²) in [5.41, 5.74) is 0. The highest BCUT2D eigenvalue weighted by Gasteiger charge is 2.20. The molecule has 0 atom stereocenters. The van der Waals surface area contributed by atoms with Crippen LogP contribution in [0.3, 0.4) is 0 Å². The molecule has 0 saturated heterocycles. The minimum atomic E-state index is -0.294. The maximum Gasteiger partial charge on any atom is 0.264 e. The second-order valence-corrected chi connectivity index (χ2v) is 6.55. The van der Waals surface area contributed by atoms with Crippen LogP contribution < -0.4 is 5.32 Å². The molecule has 25 heavy (non-hydrogen) atoms. The van der Waals surface area contributed by atoms with E-state index in [9.17, 15) is 9.59 Å². The number of thiophene rings is 1. The highest BCUT2D eigenvalue weighted by molar-refractivity contribution is 7.12. The molecule has 0 saturated carbocycles. The summed E-state index contributed by atoms with van der Waals surface area (Å²) in [4.78, 5) is 29.4. The van der Waals surface area contributed by atoms with Crippen molar-refractivity contribution in [2.45, 2.75) is 20.8 Å². The van der Waals surface area contributed by atoms with Crippen LogP contribution in [0, 0.1) is 6.92 Å². The van der Waals surface area contributed by atoms with Crippen LogP contribution in [0.4, 0.5) is 5.82 Å². The van der Waals surface area contributed by atoms with Gasteiger partial charge in [-0.15, -0.1) is 11.3 Å². The van der Waals surface area contributed by atoms with E-state index in [1.165, 1.54) is 11.3 Å². The number of aryl methyl sites for hydroxylation is 1. The molecular formula is C17H24N4O3S. The number of hydrogen-bond acceptors (Lipinski definition) is 6. The largest absolute Gasteiger partial charge is 0.360 e. The molecule has 0 bridgehead atoms. The Morgan fingerprint density at radius 1 is 1.28 bits per heavy atom. The maximum atomic E-state index is 12.7. The molecule has 2 rings (SSSR count). The van der Waals surface area contributed by atoms with Gasteiger partial charge in [-0.25, -0.2) is 0 Å². The SMILES string of the molecule is CCN(CC)CCN(CC(=O)Nc1cc(C)on1)C(=O)c1cccs1. The van der Waals surface area contributed by atoms with Gasteiger partial charge in [-0.05, 0) is 31.5 Å². The molecule has 0 fully saturated rings. The predicted molar refractivity (Wildman–Crippen MR) is 97.9 cm³/mol. The van der Waals surface area contributed by atoms with Gasteiger partial charge in [0.05, 0.1) is 4.88 Å². The Balaban J connectivity index is 2.02. The first-order valence-corrected chi connectivity index (χ1v) is 9.19. The number of aromatic nitrogens is 1. The van der Waals surface area contributed by atoms with Crippen LogP contribution in [0.2, 0.25) is 0 Å². The van der Waals surface area contributed by atoms with Crippen molar-refractivity contribution in [2.75, 3.05) is 38.0 Å². The molecule has 0 aromatic carbocycles. The Hall–Kier alpha value is -2.19. The lowest BCUT2D eigenvalue weighted by Gasteiger charge is -2.25. The van der Waals surface area contributed by atoms with E-state index in [0.717, 1.165) is 19.6 Å². The van der Waals surface area contributed by atoms with Gasteiger partial charge >= 0.3 is 0 Å². The van der Waals surface area contributed by atoms with E-state index >= 15 is 0 Å². The maximum absolute atomic E-state index is 12.7. The Kier molecular flexibility index (Phi) is 7.15. The molecule has 7 nitrogen and oxygen atoms in total. The molecule has 0 spiro atoms. The first-order valence-electron chi connectivity index (χ1n) is 8.31. The van der Waals surface area contributed by atoms with Gasteiger partial charge in [0, 0.05) is 19.2 Å². The number of nitrogens with zero attached hydrogens (tertiary/aromatic N) is 3. The minimum absolute atomic E-state index is 0.0239. The van der Waals surface area contributed by atoms with Gasteiger partial charge in [0.2, 0.25) is 5.91 Å². The van der Waals surface area contributed by atoms with Gasteiger partial charge in [-0.1, -0.05) is 25.1 Å². The fourth-order valence-corrected chi connectivity index (χ4v) is 3.08. The highest BCUT2D eigenvalue weighted by atomic mass is 32.1. The topological polar surface area (TPSA) is 78.7 Å². The molecule has 2 aromatic heterocycles. The summed E-state index contributed by atoms with van der Waals surface area (Å²) >= 11 is 1.38. The molecule has 2 amide bonds. The number of amides is 2. The lowest BCUT2D eigenvalue weighted by atomic mass is 10.3. The summed E-state index contributed by atoms with van der Waals surface area (Å²) in [5, 5.41) is 8.26. The molecule has 2 heterocycles. The number of carbonyl (C=O) groups excluding carboxylic acids is 2. The average molecular weight is 364 g/mol. The molecule has 2 aromatic rings. The quantitative estimate of drug-likeness (QED) is 0.739. The zero-order valence-corrected chi connectivity index (χ0v) is 15.6. The van der Waals surface area contributed by atoms with Crippen LogP contribution in [-0.4, -0.2) is 59.5 Å². The minimum Gasteiger partial charge on any atom is -0.360 e. The highest BCUT2D eigenvalue weighted by Crippen LogP contribution is 2.13. The second kappa shape index (κ2) is 9.33. The standard InChI is InChI=1S/C17H24N4O3S/c1-4-20(5-2)8-9-21(17(23)14-7-6-10-25-14)12-16(22)18-15-11-13(3)24-19-15/h6-7,10-11H,4-5,8-9,12H2,1-3H3,(H,18,19,22). The Morgan fingerprint density at radius 2 is 2.04 bits per heavy atom. The Bertz CT molecular complexity index is 680. The van der Waals surface area contributed by atoms with E-state index in [0.29, 0.717) is 23.0 Å². The van der Waals surface area contributed by atoms with Crippen LogP contribution in [0.25, 0.3) is 0 Å². The van der Waals surface area contributed by atoms with E-state index in [2.05, 4.69) is 29.2 Å². The zero-order valence-electron chi connectivity index (χ0n) is 14.8. The Labute approximate surface area is 151 Å². The number of hydrogen-bond donors (Lipinski definition) is 1. The van der Waals surface area contributed by atoms with Crippen molar-refractivity contribution in [1.82, 2.24) is 15.0 Å². The van der Waals surface area contributed by atoms with Crippen molar-refractivity contribution in [1.29, 1.82) is 0 Å². The number of nitrogens with one attached hydrogen (secondary N) is 1. The number of carbonyl (C=O) groups is 2. The van der Waals surface area contributed by atoms with Crippen molar-refractivity contribution >= 4 is 29.0 Å². The summed E-state index contributed by atoms with van der Waals surface area (Å²) in [7, 11) is 0. The normalized spacial score (nSPS) is 10.9. The van der Waals surface area contributed by atoms with Crippen LogP contribution >= 0.6 is 11.3 Å². The summed E-state index contributed by atoms with van der Waals surface area (Å²) in [6, 6.07) is 5.24. The van der Waals surface area contributed by atoms with E-state index in [1.807, 2.05) is 11.4 Å². The van der Waals surface area contributed by atoms with E-state index < -0.39 is 0 Å². The average Bonchev–Trinajstić information content (AvgIpc) is 3.26. The lowest BCUT2D eigenvalue weighted by Crippen LogP contribution is -2.42. The van der Waals surface area contributed by atoms with E-state index in [4.69, 9.17) is 4.52 Å². The lowest BCUT2D eigenvalue weighted by molar-refractivity contribution is -0.117. The second-order valence-electron chi connectivity index (χ2n) is 5.60. The fraction of sp³-hybridized carbons (Fsp3) is 0.471. The first-order chi connectivity index (χ1) is 12.0. The molecule has 136 valence electrons. The van der Waals surface area contributed by atoms with Crippen LogP contribution in [0.5, 0.6) is 0 Å². The van der Waals surface area contributed by atoms with Gasteiger partial charge in [0.25, 0.3) is 5.91 Å². The molecule has 0 aliphatic heterocycles. The van der Waals surface area contributed by atoms with Gasteiger partial charge in [0.1, 0.15) is 12.3 Å². The number of likely N-dealkylation sites (N-methyl/N-ethyl adjacent to an activating group) is 1. The van der Waals surface area contributed by atoms with Crippen LogP contribution in [0.1, 0.15) is 29.3 Å². The molecule has 0 radical (unpaired) electrons. The smallest absolute Gasteiger partial charge is 0.264 e. The van der Waals surface area contributed by atoms with Gasteiger partial charge in [-0.3, -0.25) is 9.59 Å². The number of rotatable bonds is 9. The number of anilines is 1. The van der Waals surface area contributed by atoms with Crippen molar-refractivity contribution in [3.8, 4) is 0 Å². The molecule has 0 unspecified atom stereocenters. The Morgan fingerprint density at radius 3 is 2.60 bits per heavy atom. The van der Waals surface area contributed by atoms with Gasteiger partial charge in [-0.2, -0.15) is 0 Å². The molecule has 1 N–H and O–H groups in total. The molecule has 0 aliphatic rings. The van der Waals surface area contributed by atoms with Crippen molar-refractivity contribution in [2.24, 2.45) is 0 Å². The van der Waals surface area contributed by atoms with Crippen LogP contribution in [-0.2, 0) is 4.79 Å². The summed E-state index contributed by atoms with van der Waals surface area (Å²) in [6.45, 7) is 8.90. The molecular weight excluding hydrogens is 340 g/mol. The summed E-state index contributed by atoms with van der Waals surface area (Å²) < 4.78 is 4.93. The first kappa shape index (κ1) is 19.1.